The van der Waals surface area contributed by atoms with Gasteiger partial charge in [-0.1, -0.05) is 33.1 Å². The first-order valence-corrected chi connectivity index (χ1v) is 7.83. The van der Waals surface area contributed by atoms with Gasteiger partial charge in [-0.3, -0.25) is 0 Å². The number of nitrogens with zero attached hydrogens (tertiary/aromatic N) is 1. The Labute approximate surface area is 118 Å². The minimum Gasteiger partial charge on any atom is -0.378 e. The highest BCUT2D eigenvalue weighted by molar-refractivity contribution is 4.78. The van der Waals surface area contributed by atoms with Gasteiger partial charge in [-0.25, -0.2) is 0 Å². The largest absolute Gasteiger partial charge is 0.378 e. The number of hydrogen-bond acceptors (Lipinski definition) is 3. The van der Waals surface area contributed by atoms with Crippen LogP contribution in [0.2, 0.25) is 0 Å². The first kappa shape index (κ1) is 16.5. The van der Waals surface area contributed by atoms with Gasteiger partial charge in [-0.2, -0.15) is 5.26 Å². The smallest absolute Gasteiger partial charge is 0.0621 e. The number of rotatable bonds is 9. The fourth-order valence-corrected chi connectivity index (χ4v) is 2.59. The molecule has 1 N–H and O–H groups in total. The van der Waals surface area contributed by atoms with Gasteiger partial charge in [0.15, 0.2) is 0 Å². The summed E-state index contributed by atoms with van der Waals surface area (Å²) in [4.78, 5) is 0. The van der Waals surface area contributed by atoms with Crippen LogP contribution < -0.4 is 5.32 Å². The highest BCUT2D eigenvalue weighted by atomic mass is 16.5. The molecule has 110 valence electrons. The summed E-state index contributed by atoms with van der Waals surface area (Å²) in [5.74, 6) is 0. The SMILES string of the molecule is CC(C)(CCC#N)CNCCCOC1CCCCC1. The summed E-state index contributed by atoms with van der Waals surface area (Å²) < 4.78 is 5.90. The van der Waals surface area contributed by atoms with Crippen molar-refractivity contribution in [3.8, 4) is 6.07 Å². The van der Waals surface area contributed by atoms with E-state index in [1.54, 1.807) is 0 Å². The van der Waals surface area contributed by atoms with Crippen LogP contribution in [0.3, 0.4) is 0 Å². The molecule has 0 aromatic heterocycles. The molecule has 3 nitrogen and oxygen atoms in total. The predicted molar refractivity (Wildman–Crippen MR) is 78.9 cm³/mol. The standard InChI is InChI=1S/C16H30N2O/c1-16(2,10-6-11-17)14-18-12-7-13-19-15-8-4-3-5-9-15/h15,18H,3-10,12-14H2,1-2H3. The van der Waals surface area contributed by atoms with Crippen molar-refractivity contribution in [2.75, 3.05) is 19.7 Å². The second-order valence-corrected chi connectivity index (χ2v) is 6.48. The molecule has 0 bridgehead atoms. The molecule has 1 aliphatic rings. The van der Waals surface area contributed by atoms with Crippen molar-refractivity contribution in [1.82, 2.24) is 5.32 Å². The zero-order valence-corrected chi connectivity index (χ0v) is 12.7. The van der Waals surface area contributed by atoms with Gasteiger partial charge in [0.2, 0.25) is 0 Å². The highest BCUT2D eigenvalue weighted by Gasteiger charge is 2.16. The van der Waals surface area contributed by atoms with Crippen molar-refractivity contribution in [3.63, 3.8) is 0 Å². The average molecular weight is 266 g/mol. The summed E-state index contributed by atoms with van der Waals surface area (Å²) >= 11 is 0. The van der Waals surface area contributed by atoms with Crippen LogP contribution in [0.5, 0.6) is 0 Å². The van der Waals surface area contributed by atoms with E-state index in [-0.39, 0.29) is 5.41 Å². The lowest BCUT2D eigenvalue weighted by atomic mass is 9.88. The average Bonchev–Trinajstić information content (AvgIpc) is 2.42. The topological polar surface area (TPSA) is 45.0 Å². The molecular weight excluding hydrogens is 236 g/mol. The van der Waals surface area contributed by atoms with Crippen molar-refractivity contribution in [2.45, 2.75) is 71.3 Å². The number of nitriles is 1. The summed E-state index contributed by atoms with van der Waals surface area (Å²) in [6.07, 6.45) is 9.83. The number of hydrogen-bond donors (Lipinski definition) is 1. The fraction of sp³-hybridized carbons (Fsp3) is 0.938. The minimum absolute atomic E-state index is 0.222. The molecule has 1 aliphatic carbocycles. The van der Waals surface area contributed by atoms with Crippen LogP contribution >= 0.6 is 0 Å². The van der Waals surface area contributed by atoms with E-state index in [0.29, 0.717) is 12.5 Å². The molecule has 0 amide bonds. The molecule has 0 aromatic carbocycles. The third-order valence-corrected chi connectivity index (χ3v) is 3.92. The quantitative estimate of drug-likeness (QED) is 0.648. The molecule has 3 heteroatoms. The lowest BCUT2D eigenvalue weighted by Crippen LogP contribution is -2.30. The monoisotopic (exact) mass is 266 g/mol. The first-order valence-electron chi connectivity index (χ1n) is 7.83. The van der Waals surface area contributed by atoms with Gasteiger partial charge in [0.1, 0.15) is 0 Å². The molecule has 0 radical (unpaired) electrons. The van der Waals surface area contributed by atoms with Gasteiger partial charge in [0.25, 0.3) is 0 Å². The van der Waals surface area contributed by atoms with Crippen molar-refractivity contribution >= 4 is 0 Å². The summed E-state index contributed by atoms with van der Waals surface area (Å²) in [6, 6.07) is 2.22. The van der Waals surface area contributed by atoms with Gasteiger partial charge in [0.05, 0.1) is 12.2 Å². The van der Waals surface area contributed by atoms with E-state index in [1.165, 1.54) is 32.1 Å². The molecule has 0 atom stereocenters. The lowest BCUT2D eigenvalue weighted by molar-refractivity contribution is 0.0271. The van der Waals surface area contributed by atoms with Crippen LogP contribution in [0.25, 0.3) is 0 Å². The van der Waals surface area contributed by atoms with E-state index >= 15 is 0 Å². The first-order chi connectivity index (χ1) is 9.14. The van der Waals surface area contributed by atoms with E-state index in [0.717, 1.165) is 32.5 Å². The molecule has 19 heavy (non-hydrogen) atoms. The van der Waals surface area contributed by atoms with Gasteiger partial charge in [0, 0.05) is 19.6 Å². The van der Waals surface area contributed by atoms with E-state index in [1.807, 2.05) is 0 Å². The van der Waals surface area contributed by atoms with Crippen LogP contribution in [0.4, 0.5) is 0 Å². The van der Waals surface area contributed by atoms with Gasteiger partial charge in [-0.15, -0.1) is 0 Å². The summed E-state index contributed by atoms with van der Waals surface area (Å²) in [5, 5.41) is 12.1. The fourth-order valence-electron chi connectivity index (χ4n) is 2.59. The Hall–Kier alpha value is -0.590. The maximum atomic E-state index is 8.61. The molecule has 0 spiro atoms. The van der Waals surface area contributed by atoms with Crippen molar-refractivity contribution < 1.29 is 4.74 Å². The third kappa shape index (κ3) is 8.23. The Morgan fingerprint density at radius 1 is 1.26 bits per heavy atom. The number of ether oxygens (including phenoxy) is 1. The van der Waals surface area contributed by atoms with Crippen molar-refractivity contribution in [3.05, 3.63) is 0 Å². The summed E-state index contributed by atoms with van der Waals surface area (Å²) in [6.45, 7) is 7.32. The normalized spacial score (nSPS) is 17.3. The van der Waals surface area contributed by atoms with Gasteiger partial charge >= 0.3 is 0 Å². The zero-order valence-electron chi connectivity index (χ0n) is 12.7. The van der Waals surface area contributed by atoms with Crippen LogP contribution in [-0.2, 0) is 4.74 Å². The Morgan fingerprint density at radius 3 is 2.68 bits per heavy atom. The Bertz CT molecular complexity index is 264. The number of nitrogens with one attached hydrogen (secondary N) is 1. The highest BCUT2D eigenvalue weighted by Crippen LogP contribution is 2.21. The zero-order chi connectivity index (χ0) is 14.0. The lowest BCUT2D eigenvalue weighted by Gasteiger charge is -2.24. The molecule has 0 saturated heterocycles. The van der Waals surface area contributed by atoms with Crippen molar-refractivity contribution in [2.24, 2.45) is 5.41 Å². The van der Waals surface area contributed by atoms with E-state index in [9.17, 15) is 0 Å². The predicted octanol–water partition coefficient (Wildman–Crippen LogP) is 3.65. The molecule has 1 fully saturated rings. The molecular formula is C16H30N2O. The van der Waals surface area contributed by atoms with E-state index in [2.05, 4.69) is 25.2 Å². The molecule has 0 aliphatic heterocycles. The Balaban J connectivity index is 1.94. The molecule has 0 heterocycles. The van der Waals surface area contributed by atoms with Crippen LogP contribution in [0, 0.1) is 16.7 Å². The summed E-state index contributed by atoms with van der Waals surface area (Å²) in [5.41, 5.74) is 0.222. The summed E-state index contributed by atoms with van der Waals surface area (Å²) in [7, 11) is 0. The van der Waals surface area contributed by atoms with Gasteiger partial charge < -0.3 is 10.1 Å². The van der Waals surface area contributed by atoms with Gasteiger partial charge in [-0.05, 0) is 37.6 Å². The Morgan fingerprint density at radius 2 is 2.00 bits per heavy atom. The second kappa shape index (κ2) is 9.34. The minimum atomic E-state index is 0.222. The van der Waals surface area contributed by atoms with Crippen LogP contribution in [0.15, 0.2) is 0 Å². The maximum Gasteiger partial charge on any atom is 0.0621 e. The Kier molecular flexibility index (Phi) is 8.09. The molecule has 0 aromatic rings. The second-order valence-electron chi connectivity index (χ2n) is 6.48. The van der Waals surface area contributed by atoms with E-state index in [4.69, 9.17) is 10.00 Å². The molecule has 1 rings (SSSR count). The van der Waals surface area contributed by atoms with E-state index < -0.39 is 0 Å². The maximum absolute atomic E-state index is 8.61. The molecule has 0 unspecified atom stereocenters. The third-order valence-electron chi connectivity index (χ3n) is 3.92. The molecule has 1 saturated carbocycles. The van der Waals surface area contributed by atoms with Crippen LogP contribution in [-0.4, -0.2) is 25.8 Å². The van der Waals surface area contributed by atoms with Crippen LogP contribution in [0.1, 0.15) is 65.2 Å². The van der Waals surface area contributed by atoms with Crippen molar-refractivity contribution in [1.29, 1.82) is 5.26 Å².